The van der Waals surface area contributed by atoms with E-state index in [-0.39, 0.29) is 5.91 Å². The number of carbonyl (C=O) groups excluding carboxylic acids is 1. The Bertz CT molecular complexity index is 792. The van der Waals surface area contributed by atoms with Crippen LogP contribution >= 0.6 is 11.3 Å². The Kier molecular flexibility index (Phi) is 3.24. The third kappa shape index (κ3) is 2.42. The molecular weight excluding hydrogens is 268 g/mol. The summed E-state index contributed by atoms with van der Waals surface area (Å²) in [5.41, 5.74) is 6.46. The molecule has 0 radical (unpaired) electrons. The summed E-state index contributed by atoms with van der Waals surface area (Å²) in [6.07, 6.45) is 0. The summed E-state index contributed by atoms with van der Waals surface area (Å²) in [6.45, 7) is 4.04. The van der Waals surface area contributed by atoms with Crippen molar-refractivity contribution in [3.05, 3.63) is 58.6 Å². The number of nitrogens with zero attached hydrogens (tertiary/aromatic N) is 1. The lowest BCUT2D eigenvalue weighted by molar-refractivity contribution is 0.102. The monoisotopic (exact) mass is 282 g/mol. The Balaban J connectivity index is 1.85. The largest absolute Gasteiger partial charge is 0.322 e. The zero-order valence-electron chi connectivity index (χ0n) is 11.3. The second kappa shape index (κ2) is 5.06. The van der Waals surface area contributed by atoms with Gasteiger partial charge in [-0.3, -0.25) is 4.79 Å². The van der Waals surface area contributed by atoms with Gasteiger partial charge in [-0.05, 0) is 55.3 Å². The molecule has 20 heavy (non-hydrogen) atoms. The number of hydrogen-bond acceptors (Lipinski definition) is 3. The number of aromatic nitrogens is 1. The Morgan fingerprint density at radius 3 is 2.75 bits per heavy atom. The Morgan fingerprint density at radius 2 is 1.95 bits per heavy atom. The molecule has 3 rings (SSSR count). The highest BCUT2D eigenvalue weighted by molar-refractivity contribution is 7.16. The van der Waals surface area contributed by atoms with E-state index in [2.05, 4.69) is 10.3 Å². The number of amides is 1. The molecule has 0 unspecified atom stereocenters. The molecule has 0 aliphatic rings. The van der Waals surface area contributed by atoms with Crippen LogP contribution < -0.4 is 5.32 Å². The van der Waals surface area contributed by atoms with Crippen LogP contribution in [0.4, 0.5) is 5.69 Å². The van der Waals surface area contributed by atoms with Gasteiger partial charge in [-0.25, -0.2) is 4.98 Å². The van der Waals surface area contributed by atoms with Gasteiger partial charge in [0.1, 0.15) is 0 Å². The Hall–Kier alpha value is -2.20. The van der Waals surface area contributed by atoms with Gasteiger partial charge in [0.05, 0.1) is 15.7 Å². The van der Waals surface area contributed by atoms with Gasteiger partial charge < -0.3 is 5.32 Å². The van der Waals surface area contributed by atoms with E-state index in [9.17, 15) is 4.79 Å². The fourth-order valence-electron chi connectivity index (χ4n) is 2.02. The van der Waals surface area contributed by atoms with Gasteiger partial charge >= 0.3 is 0 Å². The fourth-order valence-corrected chi connectivity index (χ4v) is 2.68. The first-order valence-corrected chi connectivity index (χ1v) is 7.23. The molecule has 0 aliphatic carbocycles. The van der Waals surface area contributed by atoms with E-state index in [1.165, 1.54) is 5.56 Å². The van der Waals surface area contributed by atoms with E-state index in [1.807, 2.05) is 50.2 Å². The van der Waals surface area contributed by atoms with Crippen molar-refractivity contribution >= 4 is 33.1 Å². The van der Waals surface area contributed by atoms with E-state index < -0.39 is 0 Å². The lowest BCUT2D eigenvalue weighted by atomic mass is 10.1. The number of benzene rings is 2. The summed E-state index contributed by atoms with van der Waals surface area (Å²) < 4.78 is 1.12. The molecule has 1 amide bonds. The minimum atomic E-state index is -0.0947. The molecule has 0 saturated carbocycles. The van der Waals surface area contributed by atoms with Crippen molar-refractivity contribution in [1.29, 1.82) is 0 Å². The standard InChI is InChI=1S/C16H14N2OS/c1-10-3-4-12(7-11(10)2)16(19)18-13-5-6-15-14(8-13)17-9-20-15/h3-9H,1-2H3,(H,18,19). The lowest BCUT2D eigenvalue weighted by Gasteiger charge is -2.07. The predicted molar refractivity (Wildman–Crippen MR) is 83.5 cm³/mol. The zero-order valence-corrected chi connectivity index (χ0v) is 12.1. The van der Waals surface area contributed by atoms with Gasteiger partial charge in [-0.2, -0.15) is 0 Å². The van der Waals surface area contributed by atoms with Crippen LogP contribution in [0, 0.1) is 13.8 Å². The van der Waals surface area contributed by atoms with E-state index >= 15 is 0 Å². The highest BCUT2D eigenvalue weighted by Gasteiger charge is 2.08. The van der Waals surface area contributed by atoms with Gasteiger partial charge in [0.15, 0.2) is 0 Å². The van der Waals surface area contributed by atoms with Crippen LogP contribution in [0.1, 0.15) is 21.5 Å². The normalized spacial score (nSPS) is 10.7. The lowest BCUT2D eigenvalue weighted by Crippen LogP contribution is -2.12. The third-order valence-corrected chi connectivity index (χ3v) is 4.17. The highest BCUT2D eigenvalue weighted by atomic mass is 32.1. The highest BCUT2D eigenvalue weighted by Crippen LogP contribution is 2.22. The van der Waals surface area contributed by atoms with E-state index in [0.717, 1.165) is 21.5 Å². The van der Waals surface area contributed by atoms with Gasteiger partial charge in [0.25, 0.3) is 5.91 Å². The van der Waals surface area contributed by atoms with E-state index in [1.54, 1.807) is 16.8 Å². The van der Waals surface area contributed by atoms with Gasteiger partial charge in [-0.1, -0.05) is 6.07 Å². The molecule has 1 aromatic heterocycles. The number of thiazole rings is 1. The number of nitrogens with one attached hydrogen (secondary N) is 1. The smallest absolute Gasteiger partial charge is 0.255 e. The molecular formula is C16H14N2OS. The van der Waals surface area contributed by atoms with Crippen molar-refractivity contribution in [1.82, 2.24) is 4.98 Å². The summed E-state index contributed by atoms with van der Waals surface area (Å²) in [5.74, 6) is -0.0947. The quantitative estimate of drug-likeness (QED) is 0.766. The van der Waals surface area contributed by atoms with Crippen molar-refractivity contribution in [2.24, 2.45) is 0 Å². The van der Waals surface area contributed by atoms with E-state index in [0.29, 0.717) is 5.56 Å². The van der Waals surface area contributed by atoms with Crippen LogP contribution in [0.25, 0.3) is 10.2 Å². The second-order valence-corrected chi connectivity index (χ2v) is 5.67. The molecule has 0 aliphatic heterocycles. The number of hydrogen-bond donors (Lipinski definition) is 1. The second-order valence-electron chi connectivity index (χ2n) is 4.79. The maximum Gasteiger partial charge on any atom is 0.255 e. The van der Waals surface area contributed by atoms with Gasteiger partial charge in [0, 0.05) is 11.3 Å². The Labute approximate surface area is 121 Å². The average molecular weight is 282 g/mol. The van der Waals surface area contributed by atoms with Crippen molar-refractivity contribution in [2.45, 2.75) is 13.8 Å². The van der Waals surface area contributed by atoms with Crippen LogP contribution in [0.3, 0.4) is 0 Å². The predicted octanol–water partition coefficient (Wildman–Crippen LogP) is 4.17. The molecule has 3 aromatic rings. The van der Waals surface area contributed by atoms with E-state index in [4.69, 9.17) is 0 Å². The molecule has 1 heterocycles. The summed E-state index contributed by atoms with van der Waals surface area (Å²) >= 11 is 1.59. The topological polar surface area (TPSA) is 42.0 Å². The maximum atomic E-state index is 12.2. The summed E-state index contributed by atoms with van der Waals surface area (Å²) in [5, 5.41) is 2.91. The molecule has 0 bridgehead atoms. The summed E-state index contributed by atoms with van der Waals surface area (Å²) in [4.78, 5) is 16.5. The van der Waals surface area contributed by atoms with Crippen molar-refractivity contribution in [3.8, 4) is 0 Å². The van der Waals surface area contributed by atoms with Crippen LogP contribution in [0.2, 0.25) is 0 Å². The third-order valence-electron chi connectivity index (χ3n) is 3.36. The number of anilines is 1. The Morgan fingerprint density at radius 1 is 1.10 bits per heavy atom. The molecule has 1 N–H and O–H groups in total. The maximum absolute atomic E-state index is 12.2. The molecule has 0 saturated heterocycles. The molecule has 0 atom stereocenters. The van der Waals surface area contributed by atoms with Crippen LogP contribution in [0.5, 0.6) is 0 Å². The first-order valence-electron chi connectivity index (χ1n) is 6.35. The number of aryl methyl sites for hydroxylation is 2. The number of fused-ring (bicyclic) bond motifs is 1. The van der Waals surface area contributed by atoms with Gasteiger partial charge in [-0.15, -0.1) is 11.3 Å². The van der Waals surface area contributed by atoms with Gasteiger partial charge in [0.2, 0.25) is 0 Å². The fraction of sp³-hybridized carbons (Fsp3) is 0.125. The zero-order chi connectivity index (χ0) is 14.1. The molecule has 0 fully saturated rings. The number of carbonyl (C=O) groups is 1. The summed E-state index contributed by atoms with van der Waals surface area (Å²) in [7, 11) is 0. The average Bonchev–Trinajstić information content (AvgIpc) is 2.89. The molecule has 2 aromatic carbocycles. The minimum Gasteiger partial charge on any atom is -0.322 e. The first kappa shape index (κ1) is 12.8. The minimum absolute atomic E-state index is 0.0947. The molecule has 3 nitrogen and oxygen atoms in total. The van der Waals surface area contributed by atoms with Crippen LogP contribution in [-0.4, -0.2) is 10.9 Å². The van der Waals surface area contributed by atoms with Crippen molar-refractivity contribution < 1.29 is 4.79 Å². The van der Waals surface area contributed by atoms with Crippen LogP contribution in [-0.2, 0) is 0 Å². The SMILES string of the molecule is Cc1ccc(C(=O)Nc2ccc3scnc3c2)cc1C. The first-order chi connectivity index (χ1) is 9.63. The molecule has 4 heteroatoms. The van der Waals surface area contributed by atoms with Crippen LogP contribution in [0.15, 0.2) is 41.9 Å². The van der Waals surface area contributed by atoms with Crippen molar-refractivity contribution in [2.75, 3.05) is 5.32 Å². The summed E-state index contributed by atoms with van der Waals surface area (Å²) in [6, 6.07) is 11.5. The van der Waals surface area contributed by atoms with Crippen molar-refractivity contribution in [3.63, 3.8) is 0 Å². The number of rotatable bonds is 2. The molecule has 100 valence electrons. The molecule has 0 spiro atoms.